The van der Waals surface area contributed by atoms with E-state index in [2.05, 4.69) is 52.6 Å². The van der Waals surface area contributed by atoms with Crippen molar-refractivity contribution in [3.63, 3.8) is 0 Å². The molecule has 1 heterocycles. The largest absolute Gasteiger partial charge is 0.486 e. The summed E-state index contributed by atoms with van der Waals surface area (Å²) in [5, 5.41) is 0. The lowest BCUT2D eigenvalue weighted by molar-refractivity contribution is -0.288. The van der Waals surface area contributed by atoms with Crippen molar-refractivity contribution in [3.8, 4) is 11.5 Å². The van der Waals surface area contributed by atoms with Crippen molar-refractivity contribution in [2.75, 3.05) is 13.2 Å². The lowest BCUT2D eigenvalue weighted by Gasteiger charge is -2.43. The van der Waals surface area contributed by atoms with Gasteiger partial charge in [0.1, 0.15) is 30.3 Å². The summed E-state index contributed by atoms with van der Waals surface area (Å²) in [6, 6.07) is 7.74. The maximum Gasteiger partial charge on any atom is 0.330 e. The van der Waals surface area contributed by atoms with E-state index in [4.69, 9.17) is 37.9 Å². The molecule has 13 nitrogen and oxygen atoms in total. The van der Waals surface area contributed by atoms with E-state index in [1.54, 1.807) is 24.3 Å². The molecule has 0 radical (unpaired) electrons. The van der Waals surface area contributed by atoms with E-state index in [-0.39, 0.29) is 24.1 Å². The molecule has 1 aromatic carbocycles. The molecule has 59 heavy (non-hydrogen) atoms. The van der Waals surface area contributed by atoms with E-state index < -0.39 is 62.7 Å². The van der Waals surface area contributed by atoms with E-state index in [9.17, 15) is 24.0 Å². The molecular weight excluding hydrogens is 777 g/mol. The lowest BCUT2D eigenvalue weighted by atomic mass is 9.71. The number of benzene rings is 1. The maximum atomic E-state index is 12.2. The summed E-state index contributed by atoms with van der Waals surface area (Å²) < 4.78 is 45.7. The van der Waals surface area contributed by atoms with Crippen molar-refractivity contribution >= 4 is 37.9 Å². The fraction of sp³-hybridized carbons (Fsp3) is 0.533. The number of carbonyl (C=O) groups is 5. The van der Waals surface area contributed by atoms with Crippen LogP contribution in [0, 0.1) is 5.41 Å². The van der Waals surface area contributed by atoms with Crippen molar-refractivity contribution in [2.45, 2.75) is 138 Å². The first-order valence-electron chi connectivity index (χ1n) is 19.9. The van der Waals surface area contributed by atoms with Crippen LogP contribution in [0.1, 0.15) is 75.2 Å². The molecule has 1 aliphatic heterocycles. The first kappa shape index (κ1) is 48.4. The van der Waals surface area contributed by atoms with Crippen molar-refractivity contribution in [1.29, 1.82) is 0 Å². The summed E-state index contributed by atoms with van der Waals surface area (Å²) in [6.07, 6.45) is 6.58. The van der Waals surface area contributed by atoms with Gasteiger partial charge in [0, 0.05) is 33.8 Å². The van der Waals surface area contributed by atoms with Gasteiger partial charge < -0.3 is 37.9 Å². The van der Waals surface area contributed by atoms with E-state index in [1.807, 2.05) is 32.1 Å². The topological polar surface area (TPSA) is 159 Å². The molecule has 0 aromatic heterocycles. The first-order valence-corrected chi connectivity index (χ1v) is 23.6. The molecular formula is C45H62O13Si-. The van der Waals surface area contributed by atoms with Gasteiger partial charge in [0.25, 0.3) is 0 Å². The van der Waals surface area contributed by atoms with Gasteiger partial charge in [0.15, 0.2) is 12.2 Å². The fourth-order valence-corrected chi connectivity index (χ4v) is 7.30. The second kappa shape index (κ2) is 21.9. The molecule has 1 unspecified atom stereocenters. The quantitative estimate of drug-likeness (QED) is 0.0490. The Morgan fingerprint density at radius 2 is 1.34 bits per heavy atom. The van der Waals surface area contributed by atoms with Crippen LogP contribution >= 0.6 is 0 Å². The Morgan fingerprint density at radius 3 is 1.92 bits per heavy atom. The molecule has 0 bridgehead atoms. The van der Waals surface area contributed by atoms with Crippen molar-refractivity contribution in [1.82, 2.24) is 0 Å². The van der Waals surface area contributed by atoms with Gasteiger partial charge in [-0.1, -0.05) is 49.8 Å². The molecule has 14 heteroatoms. The van der Waals surface area contributed by atoms with Crippen LogP contribution in [0.3, 0.4) is 0 Å². The minimum atomic E-state index is -1.36. The number of rotatable bonds is 17. The van der Waals surface area contributed by atoms with Gasteiger partial charge >= 0.3 is 29.8 Å². The third-order valence-corrected chi connectivity index (χ3v) is 11.3. The molecule has 0 spiro atoms. The highest BCUT2D eigenvalue weighted by atomic mass is 28.3. The van der Waals surface area contributed by atoms with Crippen LogP contribution < -0.4 is 9.47 Å². The van der Waals surface area contributed by atoms with Crippen LogP contribution in [-0.4, -0.2) is 87.9 Å². The van der Waals surface area contributed by atoms with Crippen LogP contribution in [0.2, 0.25) is 25.7 Å². The van der Waals surface area contributed by atoms with Crippen LogP contribution in [0.4, 0.5) is 0 Å². The molecule has 325 valence electrons. The van der Waals surface area contributed by atoms with E-state index >= 15 is 0 Å². The first-order chi connectivity index (χ1) is 27.5. The van der Waals surface area contributed by atoms with Gasteiger partial charge in [-0.15, -0.1) is 14.1 Å². The van der Waals surface area contributed by atoms with Gasteiger partial charge in [0.2, 0.25) is 12.4 Å². The Balaban J connectivity index is 1.76. The molecule has 1 aliphatic carbocycles. The zero-order valence-electron chi connectivity index (χ0n) is 36.6. The molecule has 6 atom stereocenters. The van der Waals surface area contributed by atoms with Gasteiger partial charge in [-0.25, -0.2) is 4.79 Å². The van der Waals surface area contributed by atoms with Gasteiger partial charge in [0.05, 0.1) is 6.61 Å². The van der Waals surface area contributed by atoms with Crippen molar-refractivity contribution in [2.24, 2.45) is 5.41 Å². The van der Waals surface area contributed by atoms with Gasteiger partial charge in [-0.05, 0) is 80.0 Å². The summed E-state index contributed by atoms with van der Waals surface area (Å²) >= 11 is 0. The molecule has 3 rings (SSSR count). The number of hydrogen-bond donors (Lipinski definition) is 0. The highest BCUT2D eigenvalue weighted by molar-refractivity contribution is 6.76. The Bertz CT molecular complexity index is 1810. The average molecular weight is 839 g/mol. The monoisotopic (exact) mass is 838 g/mol. The number of ether oxygens (including phenoxy) is 8. The minimum Gasteiger partial charge on any atom is -0.486 e. The van der Waals surface area contributed by atoms with Gasteiger partial charge in [-0.2, -0.15) is 19.6 Å². The number of hydrogen-bond acceptors (Lipinski definition) is 13. The summed E-state index contributed by atoms with van der Waals surface area (Å²) in [4.78, 5) is 60.3. The number of carbonyl (C=O) groups excluding carboxylic acids is 5. The lowest BCUT2D eigenvalue weighted by Crippen LogP contribution is -2.63. The predicted molar refractivity (Wildman–Crippen MR) is 224 cm³/mol. The Kier molecular flexibility index (Phi) is 18.0. The third-order valence-electron chi connectivity index (χ3n) is 9.64. The van der Waals surface area contributed by atoms with Crippen molar-refractivity contribution < 1.29 is 61.9 Å². The number of allylic oxidation sites excluding steroid dienone is 8. The Hall–Kier alpha value is -4.95. The summed E-state index contributed by atoms with van der Waals surface area (Å²) in [5.41, 5.74) is 4.07. The Labute approximate surface area is 349 Å². The van der Waals surface area contributed by atoms with Crippen LogP contribution in [0.5, 0.6) is 11.5 Å². The molecule has 0 saturated carbocycles. The second-order valence-corrected chi connectivity index (χ2v) is 22.4. The molecule has 1 saturated heterocycles. The summed E-state index contributed by atoms with van der Waals surface area (Å²) in [6.45, 7) is 21.9. The third kappa shape index (κ3) is 16.3. The SMILES string of the molecule is CC(=O)OC[C@H]1O[C@@H](Oc2ccc(OC3CCC(C)(C)C(/C=C/C(C)=C/C=C/C(C)=C/C(=O)OCC[Si-](C)(C)C)=C3C)cc2)[C@H](OC(C)=O)[C@@H](OC(C)=O)[C@@H]1OC(C)=O. The predicted octanol–water partition coefficient (Wildman–Crippen LogP) is 7.92. The van der Waals surface area contributed by atoms with E-state index in [0.29, 0.717) is 18.1 Å². The summed E-state index contributed by atoms with van der Waals surface area (Å²) in [5.74, 6) is -2.23. The fourth-order valence-electron chi connectivity index (χ4n) is 6.59. The minimum absolute atomic E-state index is 0.0757. The zero-order valence-corrected chi connectivity index (χ0v) is 37.6. The van der Waals surface area contributed by atoms with Crippen LogP contribution in [-0.2, 0) is 52.4 Å². The maximum absolute atomic E-state index is 12.2. The standard InChI is InChI=1S/C45H62O13Si/c1-28(14-13-15-29(2)26-40(50)51-24-25-59(10,11)12)16-21-37-30(3)38(22-23-45(37,8)9)56-35-17-19-36(20-18-35)57-44-43(55-34(7)49)42(54-33(6)48)41(53-32(5)47)39(58-44)27-52-31(4)46/h13-21,26,38-39,41-44H,22-25,27H2,1-12H3/q-1/b15-13+,21-16+,28-14+,29-26+/t38?,39-,41-,42+,43-,44-/m1/s1. The smallest absolute Gasteiger partial charge is 0.330 e. The van der Waals surface area contributed by atoms with Crippen molar-refractivity contribution in [3.05, 3.63) is 83.0 Å². The average Bonchev–Trinajstić information content (AvgIpc) is 3.10. The second-order valence-electron chi connectivity index (χ2n) is 16.8. The number of esters is 5. The Morgan fingerprint density at radius 1 is 0.763 bits per heavy atom. The summed E-state index contributed by atoms with van der Waals surface area (Å²) in [7, 11) is -1.27. The van der Waals surface area contributed by atoms with Crippen LogP contribution in [0.15, 0.2) is 83.0 Å². The normalized spacial score (nSPS) is 23.7. The zero-order chi connectivity index (χ0) is 44.1. The molecule has 0 amide bonds. The molecule has 1 fully saturated rings. The highest BCUT2D eigenvalue weighted by Crippen LogP contribution is 2.42. The van der Waals surface area contributed by atoms with E-state index in [0.717, 1.165) is 49.5 Å². The highest BCUT2D eigenvalue weighted by Gasteiger charge is 2.53. The molecule has 2 aliphatic rings. The molecule has 1 aromatic rings. The van der Waals surface area contributed by atoms with E-state index in [1.165, 1.54) is 25.5 Å². The molecule has 0 N–H and O–H groups in total. The van der Waals surface area contributed by atoms with Gasteiger partial charge in [-0.3, -0.25) is 19.2 Å². The van der Waals surface area contributed by atoms with Crippen LogP contribution in [0.25, 0.3) is 0 Å².